The maximum absolute atomic E-state index is 11.8. The lowest BCUT2D eigenvalue weighted by molar-refractivity contribution is -0.135. The fourth-order valence-corrected chi connectivity index (χ4v) is 2.48. The smallest absolute Gasteiger partial charge is 0.322 e. The Morgan fingerprint density at radius 2 is 1.88 bits per heavy atom. The Hall–Kier alpha value is -2.41. The summed E-state index contributed by atoms with van der Waals surface area (Å²) in [4.78, 5) is 26.2. The van der Waals surface area contributed by atoms with Crippen LogP contribution in [0.3, 0.4) is 0 Å². The van der Waals surface area contributed by atoms with Gasteiger partial charge in [0.1, 0.15) is 35.8 Å². The second-order valence-electron chi connectivity index (χ2n) is 5.22. The predicted molar refractivity (Wildman–Crippen MR) is 97.2 cm³/mol. The highest BCUT2D eigenvalue weighted by Gasteiger charge is 2.18. The van der Waals surface area contributed by atoms with Gasteiger partial charge in [0.2, 0.25) is 0 Å². The van der Waals surface area contributed by atoms with E-state index in [1.165, 1.54) is 12.3 Å². The van der Waals surface area contributed by atoms with E-state index in [1.54, 1.807) is 6.92 Å². The average molecular weight is 350 g/mol. The SMILES string of the molecule is [B]c1c([B])c(Cl)c([B])c(-c2cnc(C(=O)NCC(=O)O)c(O)c2)c1C. The summed E-state index contributed by atoms with van der Waals surface area (Å²) >= 11 is 6.07. The molecule has 2 rings (SSSR count). The molecule has 6 radical (unpaired) electrons. The van der Waals surface area contributed by atoms with Gasteiger partial charge in [-0.05, 0) is 18.6 Å². The number of nitrogens with one attached hydrogen (secondary N) is 1. The maximum atomic E-state index is 11.8. The molecule has 1 aromatic heterocycles. The van der Waals surface area contributed by atoms with Gasteiger partial charge in [-0.25, -0.2) is 4.98 Å². The Bertz CT molecular complexity index is 861. The van der Waals surface area contributed by atoms with Crippen molar-refractivity contribution in [2.75, 3.05) is 6.54 Å². The number of hydrogen-bond acceptors (Lipinski definition) is 4. The molecule has 120 valence electrons. The van der Waals surface area contributed by atoms with Crippen LogP contribution in [0.25, 0.3) is 11.1 Å². The number of aromatic hydroxyl groups is 1. The van der Waals surface area contributed by atoms with Crippen molar-refractivity contribution in [2.24, 2.45) is 0 Å². The number of halogens is 1. The molecular weight excluding hydrogens is 340 g/mol. The van der Waals surface area contributed by atoms with Crippen molar-refractivity contribution in [3.8, 4) is 16.9 Å². The molecule has 0 spiro atoms. The normalized spacial score (nSPS) is 10.5. The molecule has 1 heterocycles. The number of benzene rings is 1. The van der Waals surface area contributed by atoms with Crippen LogP contribution in [0.1, 0.15) is 16.1 Å². The number of amides is 1. The highest BCUT2D eigenvalue weighted by molar-refractivity contribution is 6.60. The van der Waals surface area contributed by atoms with Crippen molar-refractivity contribution in [3.63, 3.8) is 0 Å². The van der Waals surface area contributed by atoms with Gasteiger partial charge >= 0.3 is 5.97 Å². The Kier molecular flexibility index (Phi) is 5.47. The lowest BCUT2D eigenvalue weighted by atomic mass is 9.71. The molecule has 2 aromatic rings. The van der Waals surface area contributed by atoms with Gasteiger partial charge in [-0.1, -0.05) is 33.6 Å². The van der Waals surface area contributed by atoms with E-state index in [2.05, 4.69) is 10.3 Å². The number of carboxylic acid groups (broad SMARTS) is 1. The number of carbonyl (C=O) groups excluding carboxylic acids is 1. The first-order valence-corrected chi connectivity index (χ1v) is 7.34. The van der Waals surface area contributed by atoms with Gasteiger partial charge in [-0.2, -0.15) is 0 Å². The van der Waals surface area contributed by atoms with Crippen molar-refractivity contribution in [3.05, 3.63) is 28.5 Å². The monoisotopic (exact) mass is 350 g/mol. The molecule has 10 heteroatoms. The number of aliphatic carboxylic acids is 1. The van der Waals surface area contributed by atoms with Crippen LogP contribution in [0.4, 0.5) is 0 Å². The standard InChI is InChI=1S/C15H10B3ClN2O4/c1-5-9(11(17)13(19)12(18)10(5)16)6-2-7(22)14(20-3-6)15(25)21-4-8(23)24/h2-3,22H,4H2,1H3,(H,21,25)(H,23,24). The van der Waals surface area contributed by atoms with Crippen molar-refractivity contribution in [2.45, 2.75) is 6.92 Å². The van der Waals surface area contributed by atoms with E-state index in [-0.39, 0.29) is 27.1 Å². The minimum atomic E-state index is -1.22. The molecule has 0 saturated carbocycles. The Morgan fingerprint density at radius 1 is 1.24 bits per heavy atom. The molecule has 0 bridgehead atoms. The summed E-state index contributed by atoms with van der Waals surface area (Å²) in [6, 6.07) is 1.26. The van der Waals surface area contributed by atoms with E-state index >= 15 is 0 Å². The first-order chi connectivity index (χ1) is 11.6. The number of rotatable bonds is 4. The molecule has 6 nitrogen and oxygen atoms in total. The second kappa shape index (κ2) is 7.23. The van der Waals surface area contributed by atoms with E-state index < -0.39 is 24.2 Å². The third-order valence-electron chi connectivity index (χ3n) is 3.58. The molecule has 3 N–H and O–H groups in total. The van der Waals surface area contributed by atoms with Crippen LogP contribution in [0.15, 0.2) is 12.3 Å². The van der Waals surface area contributed by atoms with Gasteiger partial charge in [0.05, 0.1) is 0 Å². The predicted octanol–water partition coefficient (Wildman–Crippen LogP) is -1.39. The summed E-state index contributed by atoms with van der Waals surface area (Å²) in [5, 5.41) is 20.8. The number of nitrogens with zero attached hydrogens (tertiary/aromatic N) is 1. The molecule has 0 unspecified atom stereocenters. The largest absolute Gasteiger partial charge is 0.505 e. The zero-order chi connectivity index (χ0) is 18.9. The molecule has 0 fully saturated rings. The number of hydrogen-bond donors (Lipinski definition) is 3. The van der Waals surface area contributed by atoms with Crippen LogP contribution < -0.4 is 21.7 Å². The van der Waals surface area contributed by atoms with Crippen LogP contribution in [0.2, 0.25) is 5.02 Å². The Morgan fingerprint density at radius 3 is 2.44 bits per heavy atom. The van der Waals surface area contributed by atoms with E-state index in [0.717, 1.165) is 0 Å². The van der Waals surface area contributed by atoms with E-state index in [9.17, 15) is 14.7 Å². The minimum absolute atomic E-state index is 0.0841. The third kappa shape index (κ3) is 3.66. The molecule has 0 saturated heterocycles. The molecule has 1 amide bonds. The van der Waals surface area contributed by atoms with Crippen molar-refractivity contribution in [1.29, 1.82) is 0 Å². The Labute approximate surface area is 152 Å². The summed E-state index contributed by atoms with van der Waals surface area (Å²) in [7, 11) is 17.7. The molecule has 1 aromatic carbocycles. The van der Waals surface area contributed by atoms with Crippen molar-refractivity contribution < 1.29 is 19.8 Å². The summed E-state index contributed by atoms with van der Waals surface area (Å²) < 4.78 is 0. The molecule has 0 aliphatic heterocycles. The van der Waals surface area contributed by atoms with Gasteiger partial charge in [-0.3, -0.25) is 9.59 Å². The number of carbonyl (C=O) groups is 2. The zero-order valence-electron chi connectivity index (χ0n) is 13.1. The second-order valence-corrected chi connectivity index (χ2v) is 5.60. The molecule has 0 aliphatic rings. The minimum Gasteiger partial charge on any atom is -0.505 e. The van der Waals surface area contributed by atoms with Crippen LogP contribution in [-0.4, -0.2) is 57.2 Å². The van der Waals surface area contributed by atoms with E-state index in [1.807, 2.05) is 0 Å². The topological polar surface area (TPSA) is 99.5 Å². The summed E-state index contributed by atoms with van der Waals surface area (Å²) in [6.45, 7) is 1.08. The summed E-state index contributed by atoms with van der Waals surface area (Å²) in [6.07, 6.45) is 1.29. The van der Waals surface area contributed by atoms with Crippen LogP contribution >= 0.6 is 11.6 Å². The fourth-order valence-electron chi connectivity index (χ4n) is 2.29. The quantitative estimate of drug-likeness (QED) is 0.590. The first kappa shape index (κ1) is 18.9. The van der Waals surface area contributed by atoms with E-state index in [0.29, 0.717) is 16.7 Å². The molecular formula is C15H10B3ClN2O4. The maximum Gasteiger partial charge on any atom is 0.322 e. The van der Waals surface area contributed by atoms with Crippen LogP contribution in [0, 0.1) is 6.92 Å². The zero-order valence-corrected chi connectivity index (χ0v) is 13.9. The number of pyridine rings is 1. The van der Waals surface area contributed by atoms with Gasteiger partial charge in [0.15, 0.2) is 5.69 Å². The van der Waals surface area contributed by atoms with Crippen LogP contribution in [0.5, 0.6) is 5.75 Å². The molecule has 0 aliphatic carbocycles. The lowest BCUT2D eigenvalue weighted by Crippen LogP contribution is -2.35. The number of carboxylic acids is 1. The van der Waals surface area contributed by atoms with Gasteiger partial charge in [-0.15, -0.1) is 0 Å². The van der Waals surface area contributed by atoms with Gasteiger partial charge < -0.3 is 15.5 Å². The van der Waals surface area contributed by atoms with E-state index in [4.69, 9.17) is 40.2 Å². The molecule has 0 atom stereocenters. The van der Waals surface area contributed by atoms with Gasteiger partial charge in [0, 0.05) is 16.8 Å². The van der Waals surface area contributed by atoms with Crippen molar-refractivity contribution in [1.82, 2.24) is 10.3 Å². The van der Waals surface area contributed by atoms with Crippen molar-refractivity contribution >= 4 is 63.4 Å². The highest BCUT2D eigenvalue weighted by Crippen LogP contribution is 2.26. The summed E-state index contributed by atoms with van der Waals surface area (Å²) in [5.74, 6) is -2.50. The van der Waals surface area contributed by atoms with Gasteiger partial charge in [0.25, 0.3) is 5.91 Å². The third-order valence-corrected chi connectivity index (χ3v) is 3.99. The lowest BCUT2D eigenvalue weighted by Gasteiger charge is -2.19. The Balaban J connectivity index is 2.49. The average Bonchev–Trinajstić information content (AvgIpc) is 2.56. The number of aromatic nitrogens is 1. The summed E-state index contributed by atoms with van der Waals surface area (Å²) in [5.41, 5.74) is 1.58. The fraction of sp³-hybridized carbons (Fsp3) is 0.133. The molecule has 25 heavy (non-hydrogen) atoms. The highest BCUT2D eigenvalue weighted by atomic mass is 35.5. The first-order valence-electron chi connectivity index (χ1n) is 6.97. The van der Waals surface area contributed by atoms with Crippen LogP contribution in [-0.2, 0) is 4.79 Å².